The van der Waals surface area contributed by atoms with Crippen LogP contribution in [-0.2, 0) is 22.7 Å². The van der Waals surface area contributed by atoms with Gasteiger partial charge in [-0.1, -0.05) is 52.3 Å². The largest absolute Gasteiger partial charge is 0.435 e. The molecule has 1 heterocycles. The van der Waals surface area contributed by atoms with E-state index < -0.39 is 17.8 Å². The Balaban J connectivity index is 2.07. The highest BCUT2D eigenvalue weighted by Crippen LogP contribution is 2.33. The van der Waals surface area contributed by atoms with Crippen molar-refractivity contribution < 1.29 is 18.0 Å². The second-order valence-corrected chi connectivity index (χ2v) is 6.53. The number of carbonyl (C=O) groups excluding carboxylic acids is 1. The highest BCUT2D eigenvalue weighted by atomic mass is 79.9. The molecule has 0 atom stereocenters. The van der Waals surface area contributed by atoms with Crippen molar-refractivity contribution in [3.8, 4) is 16.9 Å². The number of hydrogen-bond acceptors (Lipinski definition) is 2. The summed E-state index contributed by atoms with van der Waals surface area (Å²) in [6.07, 6.45) is -4.49. The van der Waals surface area contributed by atoms with E-state index in [1.165, 1.54) is 4.68 Å². The zero-order valence-corrected chi connectivity index (χ0v) is 15.6. The minimum absolute atomic E-state index is 0.0635. The molecule has 0 aliphatic rings. The molecule has 1 amide bonds. The van der Waals surface area contributed by atoms with Crippen LogP contribution in [0.3, 0.4) is 0 Å². The average molecular weight is 438 g/mol. The predicted octanol–water partition coefficient (Wildman–Crippen LogP) is 4.48. The van der Waals surface area contributed by atoms with E-state index in [2.05, 4.69) is 21.0 Å². The molecule has 0 bridgehead atoms. The van der Waals surface area contributed by atoms with Gasteiger partial charge in [0.25, 0.3) is 0 Å². The van der Waals surface area contributed by atoms with Crippen molar-refractivity contribution in [2.45, 2.75) is 17.9 Å². The van der Waals surface area contributed by atoms with Crippen LogP contribution in [0.4, 0.5) is 13.2 Å². The number of amides is 1. The van der Waals surface area contributed by atoms with Gasteiger partial charge in [-0.3, -0.25) is 4.79 Å². The van der Waals surface area contributed by atoms with Gasteiger partial charge in [0.15, 0.2) is 5.69 Å². The first-order chi connectivity index (χ1) is 12.8. The standard InChI is InChI=1S/C19H15BrF3N3O/c20-11-13-1-5-14(6-2-13)16-10-17(19(21,22)23)25-26(16)15-7-3-12(4-8-15)9-18(24)27/h1-8,10H,9,11H2,(H2,24,27). The fraction of sp³-hybridized carbons (Fsp3) is 0.158. The number of benzene rings is 2. The van der Waals surface area contributed by atoms with Crippen LogP contribution in [0.15, 0.2) is 54.6 Å². The number of primary amides is 1. The van der Waals surface area contributed by atoms with Crippen molar-refractivity contribution in [3.63, 3.8) is 0 Å². The van der Waals surface area contributed by atoms with Gasteiger partial charge in [0, 0.05) is 10.9 Å². The Labute approximate surface area is 161 Å². The van der Waals surface area contributed by atoms with Gasteiger partial charge in [-0.25, -0.2) is 4.68 Å². The van der Waals surface area contributed by atoms with Gasteiger partial charge in [-0.2, -0.15) is 18.3 Å². The first-order valence-electron chi connectivity index (χ1n) is 7.98. The first kappa shape index (κ1) is 19.2. The van der Waals surface area contributed by atoms with E-state index in [0.29, 0.717) is 27.8 Å². The van der Waals surface area contributed by atoms with Crippen molar-refractivity contribution >= 4 is 21.8 Å². The number of halogens is 4. The minimum atomic E-state index is -4.55. The van der Waals surface area contributed by atoms with Gasteiger partial charge in [-0.05, 0) is 29.3 Å². The molecule has 0 spiro atoms. The lowest BCUT2D eigenvalue weighted by Gasteiger charge is -2.09. The maximum atomic E-state index is 13.2. The molecule has 140 valence electrons. The normalized spacial score (nSPS) is 11.6. The Hall–Kier alpha value is -2.61. The van der Waals surface area contributed by atoms with Gasteiger partial charge in [0.1, 0.15) is 0 Å². The number of aromatic nitrogens is 2. The third-order valence-electron chi connectivity index (χ3n) is 3.96. The van der Waals surface area contributed by atoms with E-state index in [1.54, 1.807) is 36.4 Å². The van der Waals surface area contributed by atoms with Crippen LogP contribution < -0.4 is 5.73 Å². The van der Waals surface area contributed by atoms with Gasteiger partial charge in [0.05, 0.1) is 17.8 Å². The second-order valence-electron chi connectivity index (χ2n) is 5.96. The summed E-state index contributed by atoms with van der Waals surface area (Å²) in [6.45, 7) is 0. The molecule has 0 aliphatic carbocycles. The summed E-state index contributed by atoms with van der Waals surface area (Å²) in [5.74, 6) is -0.478. The van der Waals surface area contributed by atoms with Crippen molar-refractivity contribution in [2.75, 3.05) is 0 Å². The summed E-state index contributed by atoms with van der Waals surface area (Å²) in [5.41, 5.74) is 7.28. The monoisotopic (exact) mass is 437 g/mol. The number of nitrogens with zero attached hydrogens (tertiary/aromatic N) is 2. The Bertz CT molecular complexity index is 948. The molecule has 0 saturated heterocycles. The van der Waals surface area contributed by atoms with E-state index in [-0.39, 0.29) is 6.42 Å². The highest BCUT2D eigenvalue weighted by Gasteiger charge is 2.35. The molecule has 3 rings (SSSR count). The molecule has 27 heavy (non-hydrogen) atoms. The lowest BCUT2D eigenvalue weighted by molar-refractivity contribution is -0.141. The van der Waals surface area contributed by atoms with Crippen molar-refractivity contribution in [3.05, 3.63) is 71.4 Å². The number of rotatable bonds is 5. The SMILES string of the molecule is NC(=O)Cc1ccc(-n2nc(C(F)(F)F)cc2-c2ccc(CBr)cc2)cc1. The number of nitrogens with two attached hydrogens (primary N) is 1. The molecule has 0 fully saturated rings. The molecule has 0 aliphatic heterocycles. The summed E-state index contributed by atoms with van der Waals surface area (Å²) in [4.78, 5) is 11.0. The van der Waals surface area contributed by atoms with Crippen LogP contribution in [-0.4, -0.2) is 15.7 Å². The summed E-state index contributed by atoms with van der Waals surface area (Å²) in [5, 5.41) is 4.41. The van der Waals surface area contributed by atoms with Gasteiger partial charge >= 0.3 is 6.18 Å². The molecule has 0 unspecified atom stereocenters. The second kappa shape index (κ2) is 7.56. The molecule has 2 N–H and O–H groups in total. The number of alkyl halides is 4. The summed E-state index contributed by atoms with van der Waals surface area (Å²) in [6, 6.07) is 14.7. The molecule has 0 radical (unpaired) electrons. The van der Waals surface area contributed by atoms with Gasteiger partial charge < -0.3 is 5.73 Å². The van der Waals surface area contributed by atoms with Crippen molar-refractivity contribution in [1.29, 1.82) is 0 Å². The maximum absolute atomic E-state index is 13.2. The topological polar surface area (TPSA) is 60.9 Å². The van der Waals surface area contributed by atoms with E-state index >= 15 is 0 Å². The van der Waals surface area contributed by atoms with Crippen LogP contribution in [0, 0.1) is 0 Å². The molecular formula is C19H15BrF3N3O. The zero-order valence-electron chi connectivity index (χ0n) is 14.0. The fourth-order valence-corrected chi connectivity index (χ4v) is 3.02. The van der Waals surface area contributed by atoms with E-state index in [9.17, 15) is 18.0 Å². The predicted molar refractivity (Wildman–Crippen MR) is 99.5 cm³/mol. The van der Waals surface area contributed by atoms with Crippen molar-refractivity contribution in [2.24, 2.45) is 5.73 Å². The molecule has 2 aromatic carbocycles. The summed E-state index contributed by atoms with van der Waals surface area (Å²) >= 11 is 3.34. The van der Waals surface area contributed by atoms with E-state index in [4.69, 9.17) is 5.73 Å². The Morgan fingerprint density at radius 2 is 1.63 bits per heavy atom. The van der Waals surface area contributed by atoms with Crippen molar-refractivity contribution in [1.82, 2.24) is 9.78 Å². The van der Waals surface area contributed by atoms with Crippen LogP contribution in [0.2, 0.25) is 0 Å². The average Bonchev–Trinajstić information content (AvgIpc) is 3.08. The van der Waals surface area contributed by atoms with Crippen LogP contribution >= 0.6 is 15.9 Å². The third-order valence-corrected chi connectivity index (χ3v) is 4.61. The molecule has 1 aromatic heterocycles. The summed E-state index contributed by atoms with van der Waals surface area (Å²) < 4.78 is 40.9. The molecular weight excluding hydrogens is 423 g/mol. The minimum Gasteiger partial charge on any atom is -0.369 e. The molecule has 3 aromatic rings. The lowest BCUT2D eigenvalue weighted by atomic mass is 10.1. The quantitative estimate of drug-likeness (QED) is 0.598. The Morgan fingerprint density at radius 1 is 1.04 bits per heavy atom. The highest BCUT2D eigenvalue weighted by molar-refractivity contribution is 9.08. The van der Waals surface area contributed by atoms with E-state index in [1.807, 2.05) is 12.1 Å². The molecule has 8 heteroatoms. The Morgan fingerprint density at radius 3 is 2.15 bits per heavy atom. The van der Waals surface area contributed by atoms with Crippen LogP contribution in [0.1, 0.15) is 16.8 Å². The maximum Gasteiger partial charge on any atom is 0.435 e. The van der Waals surface area contributed by atoms with Crippen LogP contribution in [0.25, 0.3) is 16.9 Å². The Kier molecular flexibility index (Phi) is 5.36. The van der Waals surface area contributed by atoms with Gasteiger partial charge in [-0.15, -0.1) is 0 Å². The third kappa shape index (κ3) is 4.39. The molecule has 4 nitrogen and oxygen atoms in total. The lowest BCUT2D eigenvalue weighted by Crippen LogP contribution is -2.13. The smallest absolute Gasteiger partial charge is 0.369 e. The van der Waals surface area contributed by atoms with E-state index in [0.717, 1.165) is 11.6 Å². The zero-order chi connectivity index (χ0) is 19.6. The van der Waals surface area contributed by atoms with Crippen LogP contribution in [0.5, 0.6) is 0 Å². The molecule has 0 saturated carbocycles. The summed E-state index contributed by atoms with van der Waals surface area (Å²) in [7, 11) is 0. The number of carbonyl (C=O) groups is 1. The fourth-order valence-electron chi connectivity index (χ4n) is 2.64. The first-order valence-corrected chi connectivity index (χ1v) is 9.10. The number of hydrogen-bond donors (Lipinski definition) is 1. The van der Waals surface area contributed by atoms with Gasteiger partial charge in [0.2, 0.25) is 5.91 Å².